The number of hydrogen-bond acceptors (Lipinski definition) is 5. The molecule has 0 saturated carbocycles. The molecule has 0 aliphatic heterocycles. The Bertz CT molecular complexity index is 714. The highest BCUT2D eigenvalue weighted by Gasteiger charge is 2.34. The van der Waals surface area contributed by atoms with Crippen LogP contribution < -0.4 is 4.31 Å². The first kappa shape index (κ1) is 17.4. The van der Waals surface area contributed by atoms with Crippen molar-refractivity contribution in [2.24, 2.45) is 0 Å². The van der Waals surface area contributed by atoms with Gasteiger partial charge >= 0.3 is 0 Å². The van der Waals surface area contributed by atoms with Crippen molar-refractivity contribution in [2.75, 3.05) is 17.2 Å². The SMILES string of the molecule is CS(=O)(=O)N(c1ccccc1[N+](=O)[O-])C1CCCC=C1CCO. The molecule has 1 aliphatic carbocycles. The number of rotatable bonds is 6. The summed E-state index contributed by atoms with van der Waals surface area (Å²) in [4.78, 5) is 10.7. The van der Waals surface area contributed by atoms with Crippen LogP contribution in [0.15, 0.2) is 35.9 Å². The van der Waals surface area contributed by atoms with Crippen molar-refractivity contribution in [2.45, 2.75) is 31.7 Å². The van der Waals surface area contributed by atoms with Gasteiger partial charge in [0.25, 0.3) is 5.69 Å². The highest BCUT2D eigenvalue weighted by molar-refractivity contribution is 7.92. The molecule has 1 unspecified atom stereocenters. The highest BCUT2D eigenvalue weighted by Crippen LogP contribution is 2.36. The zero-order valence-corrected chi connectivity index (χ0v) is 13.7. The minimum absolute atomic E-state index is 0.0655. The summed E-state index contributed by atoms with van der Waals surface area (Å²) in [5.74, 6) is 0. The van der Waals surface area contributed by atoms with Gasteiger partial charge < -0.3 is 5.11 Å². The van der Waals surface area contributed by atoms with Gasteiger partial charge in [0, 0.05) is 12.7 Å². The van der Waals surface area contributed by atoms with Crippen LogP contribution in [0.25, 0.3) is 0 Å². The Morgan fingerprint density at radius 3 is 2.70 bits per heavy atom. The van der Waals surface area contributed by atoms with E-state index in [9.17, 15) is 23.6 Å². The van der Waals surface area contributed by atoms with Crippen LogP contribution >= 0.6 is 0 Å². The minimum atomic E-state index is -3.72. The Balaban J connectivity index is 2.58. The van der Waals surface area contributed by atoms with E-state index >= 15 is 0 Å². The summed E-state index contributed by atoms with van der Waals surface area (Å²) in [6, 6.07) is 5.34. The van der Waals surface area contributed by atoms with E-state index in [-0.39, 0.29) is 18.0 Å². The van der Waals surface area contributed by atoms with E-state index in [4.69, 9.17) is 0 Å². The van der Waals surface area contributed by atoms with E-state index in [0.29, 0.717) is 12.8 Å². The van der Waals surface area contributed by atoms with Crippen LogP contribution in [0.1, 0.15) is 25.7 Å². The van der Waals surface area contributed by atoms with Gasteiger partial charge in [0.05, 0.1) is 17.2 Å². The number of aliphatic hydroxyl groups excluding tert-OH is 1. The molecule has 126 valence electrons. The Morgan fingerprint density at radius 2 is 2.09 bits per heavy atom. The fraction of sp³-hybridized carbons (Fsp3) is 0.467. The van der Waals surface area contributed by atoms with Gasteiger partial charge in [-0.05, 0) is 37.3 Å². The Morgan fingerprint density at radius 1 is 1.39 bits per heavy atom. The van der Waals surface area contributed by atoms with Crippen LogP contribution in [-0.2, 0) is 10.0 Å². The number of aliphatic hydroxyl groups is 1. The fourth-order valence-corrected chi connectivity index (χ4v) is 4.18. The lowest BCUT2D eigenvalue weighted by Crippen LogP contribution is -2.42. The number of benzene rings is 1. The molecule has 0 aromatic heterocycles. The molecule has 0 bridgehead atoms. The first-order chi connectivity index (χ1) is 10.9. The van der Waals surface area contributed by atoms with E-state index in [1.165, 1.54) is 18.2 Å². The number of sulfonamides is 1. The van der Waals surface area contributed by atoms with Crippen LogP contribution in [0, 0.1) is 10.1 Å². The molecule has 1 aromatic rings. The van der Waals surface area contributed by atoms with Crippen LogP contribution in [-0.4, -0.2) is 37.4 Å². The molecule has 1 aromatic carbocycles. The Hall–Kier alpha value is -1.93. The summed E-state index contributed by atoms with van der Waals surface area (Å²) in [5, 5.41) is 20.5. The predicted molar refractivity (Wildman–Crippen MR) is 87.8 cm³/mol. The van der Waals surface area contributed by atoms with E-state index < -0.39 is 21.0 Å². The van der Waals surface area contributed by atoms with Gasteiger partial charge in [0.15, 0.2) is 0 Å². The molecule has 1 atom stereocenters. The highest BCUT2D eigenvalue weighted by atomic mass is 32.2. The zero-order valence-electron chi connectivity index (χ0n) is 12.9. The number of hydrogen-bond donors (Lipinski definition) is 1. The van der Waals surface area contributed by atoms with Crippen molar-refractivity contribution in [3.63, 3.8) is 0 Å². The number of para-hydroxylation sites is 2. The molecule has 1 aliphatic rings. The largest absolute Gasteiger partial charge is 0.396 e. The van der Waals surface area contributed by atoms with Crippen LogP contribution in [0.4, 0.5) is 11.4 Å². The monoisotopic (exact) mass is 340 g/mol. The molecule has 0 fully saturated rings. The van der Waals surface area contributed by atoms with Gasteiger partial charge in [-0.25, -0.2) is 8.42 Å². The number of anilines is 1. The number of allylic oxidation sites excluding steroid dienone is 1. The van der Waals surface area contributed by atoms with Crippen molar-refractivity contribution in [3.8, 4) is 0 Å². The van der Waals surface area contributed by atoms with Crippen LogP contribution in [0.3, 0.4) is 0 Å². The Labute approximate surface area is 135 Å². The van der Waals surface area contributed by atoms with E-state index in [1.54, 1.807) is 6.07 Å². The normalized spacial score (nSPS) is 18.3. The topological polar surface area (TPSA) is 101 Å². The van der Waals surface area contributed by atoms with Crippen molar-refractivity contribution in [1.29, 1.82) is 0 Å². The van der Waals surface area contributed by atoms with Gasteiger partial charge in [-0.15, -0.1) is 0 Å². The average Bonchev–Trinajstić information content (AvgIpc) is 2.48. The quantitative estimate of drug-likeness (QED) is 0.486. The molecule has 1 N–H and O–H groups in total. The third kappa shape index (κ3) is 3.89. The summed E-state index contributed by atoms with van der Waals surface area (Å²) in [6.07, 6.45) is 5.53. The molecule has 0 amide bonds. The lowest BCUT2D eigenvalue weighted by atomic mass is 9.91. The standard InChI is InChI=1S/C15H20N2O5S/c1-23(21,22)16(13-7-3-2-6-12(13)10-11-18)14-8-4-5-9-15(14)17(19)20/h4-6,8-9,13,18H,2-3,7,10-11H2,1H3. The molecule has 8 heteroatoms. The third-order valence-electron chi connectivity index (χ3n) is 3.87. The molecule has 0 saturated heterocycles. The molecule has 7 nitrogen and oxygen atoms in total. The first-order valence-electron chi connectivity index (χ1n) is 7.39. The molecule has 0 radical (unpaired) electrons. The number of nitrogens with zero attached hydrogens (tertiary/aromatic N) is 2. The summed E-state index contributed by atoms with van der Waals surface area (Å²) in [6.45, 7) is -0.0865. The maximum Gasteiger partial charge on any atom is 0.293 e. The third-order valence-corrected chi connectivity index (χ3v) is 5.04. The lowest BCUT2D eigenvalue weighted by Gasteiger charge is -2.35. The summed E-state index contributed by atoms with van der Waals surface area (Å²) in [5.41, 5.74) is 0.630. The van der Waals surface area contributed by atoms with E-state index in [0.717, 1.165) is 29.0 Å². The smallest absolute Gasteiger partial charge is 0.293 e. The lowest BCUT2D eigenvalue weighted by molar-refractivity contribution is -0.384. The van der Waals surface area contributed by atoms with Gasteiger partial charge in [0.1, 0.15) is 5.69 Å². The van der Waals surface area contributed by atoms with Gasteiger partial charge in [-0.1, -0.05) is 18.2 Å². The maximum absolute atomic E-state index is 12.4. The zero-order chi connectivity index (χ0) is 17.0. The maximum atomic E-state index is 12.4. The Kier molecular flexibility index (Phi) is 5.38. The molecular formula is C15H20N2O5S. The summed E-state index contributed by atoms with van der Waals surface area (Å²) < 4.78 is 25.9. The van der Waals surface area contributed by atoms with Gasteiger partial charge in [-0.2, -0.15) is 0 Å². The van der Waals surface area contributed by atoms with E-state index in [2.05, 4.69) is 0 Å². The summed E-state index contributed by atoms with van der Waals surface area (Å²) >= 11 is 0. The van der Waals surface area contributed by atoms with Crippen molar-refractivity contribution < 1.29 is 18.4 Å². The van der Waals surface area contributed by atoms with Crippen LogP contribution in [0.5, 0.6) is 0 Å². The van der Waals surface area contributed by atoms with Gasteiger partial charge in [-0.3, -0.25) is 14.4 Å². The second-order valence-electron chi connectivity index (χ2n) is 5.50. The second-order valence-corrected chi connectivity index (χ2v) is 7.36. The molecule has 0 spiro atoms. The molecular weight excluding hydrogens is 320 g/mol. The molecule has 23 heavy (non-hydrogen) atoms. The number of nitro groups is 1. The second kappa shape index (κ2) is 7.10. The predicted octanol–water partition coefficient (Wildman–Crippen LogP) is 2.22. The first-order valence-corrected chi connectivity index (χ1v) is 9.23. The van der Waals surface area contributed by atoms with E-state index in [1.807, 2.05) is 6.08 Å². The van der Waals surface area contributed by atoms with Crippen molar-refractivity contribution in [1.82, 2.24) is 0 Å². The minimum Gasteiger partial charge on any atom is -0.396 e. The van der Waals surface area contributed by atoms with Crippen molar-refractivity contribution in [3.05, 3.63) is 46.0 Å². The van der Waals surface area contributed by atoms with Gasteiger partial charge in [0.2, 0.25) is 10.0 Å². The fourth-order valence-electron chi connectivity index (χ4n) is 2.97. The molecule has 0 heterocycles. The summed E-state index contributed by atoms with van der Waals surface area (Å²) in [7, 11) is -3.72. The number of nitro benzene ring substituents is 1. The van der Waals surface area contributed by atoms with Crippen LogP contribution in [0.2, 0.25) is 0 Å². The van der Waals surface area contributed by atoms with Crippen molar-refractivity contribution >= 4 is 21.4 Å². The molecule has 2 rings (SSSR count). The average molecular weight is 340 g/mol.